The average molecular weight is 341 g/mol. The van der Waals surface area contributed by atoms with Crippen LogP contribution in [0.4, 0.5) is 0 Å². The zero-order chi connectivity index (χ0) is 17.3. The third-order valence-electron chi connectivity index (χ3n) is 5.79. The smallest absolute Gasteiger partial charge is 0.231 e. The minimum absolute atomic E-state index is 0.260. The van der Waals surface area contributed by atoms with Crippen molar-refractivity contribution in [3.63, 3.8) is 0 Å². The Balaban J connectivity index is 1.41. The zero-order valence-corrected chi connectivity index (χ0v) is 14.7. The van der Waals surface area contributed by atoms with Gasteiger partial charge in [0.05, 0.1) is 5.41 Å². The van der Waals surface area contributed by atoms with Crippen molar-refractivity contribution in [3.05, 3.63) is 35.9 Å². The van der Waals surface area contributed by atoms with Gasteiger partial charge in [0.25, 0.3) is 0 Å². The van der Waals surface area contributed by atoms with Gasteiger partial charge in [-0.05, 0) is 31.2 Å². The molecule has 2 heterocycles. The molecule has 0 spiro atoms. The van der Waals surface area contributed by atoms with Gasteiger partial charge in [-0.2, -0.15) is 0 Å². The Labute approximate surface area is 149 Å². The minimum Gasteiger partial charge on any atom is -0.341 e. The number of amides is 2. The molecule has 1 aromatic carbocycles. The number of benzene rings is 1. The molecule has 0 bridgehead atoms. The van der Waals surface area contributed by atoms with E-state index in [0.29, 0.717) is 19.0 Å². The van der Waals surface area contributed by atoms with E-state index in [1.165, 1.54) is 5.56 Å². The van der Waals surface area contributed by atoms with Crippen molar-refractivity contribution >= 4 is 11.8 Å². The van der Waals surface area contributed by atoms with Crippen LogP contribution in [0.25, 0.3) is 0 Å². The lowest BCUT2D eigenvalue weighted by Crippen LogP contribution is -2.63. The topological polar surface area (TPSA) is 52.7 Å². The summed E-state index contributed by atoms with van der Waals surface area (Å²) < 4.78 is 0. The van der Waals surface area contributed by atoms with Crippen molar-refractivity contribution in [1.82, 2.24) is 15.1 Å². The van der Waals surface area contributed by atoms with Gasteiger partial charge in [0.1, 0.15) is 0 Å². The lowest BCUT2D eigenvalue weighted by Gasteiger charge is -2.44. The Hall–Kier alpha value is -1.88. The van der Waals surface area contributed by atoms with Crippen LogP contribution in [0.15, 0.2) is 30.3 Å². The van der Waals surface area contributed by atoms with Crippen LogP contribution < -0.4 is 5.32 Å². The van der Waals surface area contributed by atoms with E-state index in [9.17, 15) is 9.59 Å². The first-order valence-corrected chi connectivity index (χ1v) is 9.51. The Morgan fingerprint density at radius 1 is 1.00 bits per heavy atom. The number of nitrogens with one attached hydrogen (secondary N) is 1. The van der Waals surface area contributed by atoms with Crippen LogP contribution in [0.1, 0.15) is 24.8 Å². The van der Waals surface area contributed by atoms with E-state index in [-0.39, 0.29) is 17.2 Å². The maximum atomic E-state index is 13.3. The van der Waals surface area contributed by atoms with Gasteiger partial charge in [0.15, 0.2) is 0 Å². The van der Waals surface area contributed by atoms with Gasteiger partial charge in [-0.3, -0.25) is 9.59 Å². The Bertz CT molecular complexity index is 638. The van der Waals surface area contributed by atoms with Gasteiger partial charge < -0.3 is 15.1 Å². The average Bonchev–Trinajstić information content (AvgIpc) is 3.44. The predicted molar refractivity (Wildman–Crippen MR) is 95.9 cm³/mol. The molecule has 3 fully saturated rings. The molecule has 2 saturated heterocycles. The lowest BCUT2D eigenvalue weighted by atomic mass is 9.75. The standard InChI is InChI=1S/C20H27N3O2/c24-18(17-7-8-17)22-9-4-10-23(12-11-22)19(25)20(14-21-15-20)13-16-5-2-1-3-6-16/h1-3,5-6,17,21H,4,7-15H2. The van der Waals surface area contributed by atoms with E-state index >= 15 is 0 Å². The summed E-state index contributed by atoms with van der Waals surface area (Å²) in [6, 6.07) is 10.3. The SMILES string of the molecule is O=C(C1CC1)N1CCCN(C(=O)C2(Cc3ccccc3)CNC2)CC1. The summed E-state index contributed by atoms with van der Waals surface area (Å²) in [5.74, 6) is 0.830. The lowest BCUT2D eigenvalue weighted by molar-refractivity contribution is -0.145. The second kappa shape index (κ2) is 6.79. The van der Waals surface area contributed by atoms with Gasteiger partial charge in [0, 0.05) is 45.2 Å². The third kappa shape index (κ3) is 3.43. The maximum absolute atomic E-state index is 13.3. The molecule has 4 rings (SSSR count). The van der Waals surface area contributed by atoms with E-state index in [2.05, 4.69) is 17.4 Å². The highest BCUT2D eigenvalue weighted by molar-refractivity contribution is 5.85. The summed E-state index contributed by atoms with van der Waals surface area (Å²) >= 11 is 0. The van der Waals surface area contributed by atoms with Gasteiger partial charge >= 0.3 is 0 Å². The molecule has 1 aliphatic carbocycles. The molecular formula is C20H27N3O2. The Morgan fingerprint density at radius 3 is 2.32 bits per heavy atom. The summed E-state index contributed by atoms with van der Waals surface area (Å²) in [7, 11) is 0. The molecule has 134 valence electrons. The van der Waals surface area contributed by atoms with Crippen LogP contribution in [-0.2, 0) is 16.0 Å². The minimum atomic E-state index is -0.309. The molecule has 0 unspecified atom stereocenters. The first-order valence-electron chi connectivity index (χ1n) is 9.51. The largest absolute Gasteiger partial charge is 0.341 e. The monoisotopic (exact) mass is 341 g/mol. The van der Waals surface area contributed by atoms with Crippen LogP contribution in [0, 0.1) is 11.3 Å². The van der Waals surface area contributed by atoms with Crippen LogP contribution in [-0.4, -0.2) is 60.9 Å². The van der Waals surface area contributed by atoms with Crippen molar-refractivity contribution < 1.29 is 9.59 Å². The fourth-order valence-electron chi connectivity index (χ4n) is 4.03. The maximum Gasteiger partial charge on any atom is 0.231 e. The highest BCUT2D eigenvalue weighted by Crippen LogP contribution is 2.33. The second-order valence-electron chi connectivity index (χ2n) is 7.79. The van der Waals surface area contributed by atoms with Crippen LogP contribution >= 0.6 is 0 Å². The number of hydrogen-bond acceptors (Lipinski definition) is 3. The van der Waals surface area contributed by atoms with Crippen molar-refractivity contribution in [3.8, 4) is 0 Å². The molecule has 2 amide bonds. The van der Waals surface area contributed by atoms with E-state index in [0.717, 1.165) is 51.9 Å². The van der Waals surface area contributed by atoms with E-state index in [4.69, 9.17) is 0 Å². The summed E-state index contributed by atoms with van der Waals surface area (Å²) in [6.07, 6.45) is 3.77. The molecular weight excluding hydrogens is 314 g/mol. The van der Waals surface area contributed by atoms with Crippen molar-refractivity contribution in [1.29, 1.82) is 0 Å². The van der Waals surface area contributed by atoms with Crippen LogP contribution in [0.3, 0.4) is 0 Å². The molecule has 0 aromatic heterocycles. The summed E-state index contributed by atoms with van der Waals surface area (Å²) in [5, 5.41) is 3.30. The Morgan fingerprint density at radius 2 is 1.68 bits per heavy atom. The van der Waals surface area contributed by atoms with Gasteiger partial charge in [-0.25, -0.2) is 0 Å². The number of carbonyl (C=O) groups excluding carboxylic acids is 2. The summed E-state index contributed by atoms with van der Waals surface area (Å²) in [4.78, 5) is 29.6. The third-order valence-corrected chi connectivity index (χ3v) is 5.79. The van der Waals surface area contributed by atoms with Crippen LogP contribution in [0.2, 0.25) is 0 Å². The fourth-order valence-corrected chi connectivity index (χ4v) is 4.03. The quantitative estimate of drug-likeness (QED) is 0.898. The second-order valence-corrected chi connectivity index (χ2v) is 7.79. The number of nitrogens with zero attached hydrogens (tertiary/aromatic N) is 2. The van der Waals surface area contributed by atoms with E-state index in [1.54, 1.807) is 0 Å². The molecule has 0 atom stereocenters. The normalized spacial score (nSPS) is 22.9. The van der Waals surface area contributed by atoms with Crippen molar-refractivity contribution in [2.24, 2.45) is 11.3 Å². The zero-order valence-electron chi connectivity index (χ0n) is 14.7. The van der Waals surface area contributed by atoms with E-state index in [1.807, 2.05) is 28.0 Å². The molecule has 25 heavy (non-hydrogen) atoms. The Kier molecular flexibility index (Phi) is 4.50. The molecule has 3 aliphatic rings. The van der Waals surface area contributed by atoms with Crippen molar-refractivity contribution in [2.45, 2.75) is 25.7 Å². The number of rotatable bonds is 4. The first-order chi connectivity index (χ1) is 12.2. The van der Waals surface area contributed by atoms with Gasteiger partial charge in [-0.1, -0.05) is 30.3 Å². The molecule has 5 nitrogen and oxygen atoms in total. The van der Waals surface area contributed by atoms with Crippen LogP contribution in [0.5, 0.6) is 0 Å². The van der Waals surface area contributed by atoms with Crippen molar-refractivity contribution in [2.75, 3.05) is 39.3 Å². The highest BCUT2D eigenvalue weighted by atomic mass is 16.2. The first kappa shape index (κ1) is 16.6. The molecule has 2 aliphatic heterocycles. The molecule has 5 heteroatoms. The summed E-state index contributed by atoms with van der Waals surface area (Å²) in [5.41, 5.74) is 0.912. The summed E-state index contributed by atoms with van der Waals surface area (Å²) in [6.45, 7) is 4.43. The fraction of sp³-hybridized carbons (Fsp3) is 0.600. The predicted octanol–water partition coefficient (Wildman–Crippen LogP) is 1.29. The molecule has 1 saturated carbocycles. The highest BCUT2D eigenvalue weighted by Gasteiger charge is 2.46. The molecule has 0 radical (unpaired) electrons. The van der Waals surface area contributed by atoms with E-state index < -0.39 is 0 Å². The molecule has 1 N–H and O–H groups in total. The van der Waals surface area contributed by atoms with Gasteiger partial charge in [0.2, 0.25) is 11.8 Å². The van der Waals surface area contributed by atoms with Gasteiger partial charge in [-0.15, -0.1) is 0 Å². The number of carbonyl (C=O) groups is 2. The molecule has 1 aromatic rings. The number of hydrogen-bond donors (Lipinski definition) is 1.